The highest BCUT2D eigenvalue weighted by atomic mass is 19.1. The van der Waals surface area contributed by atoms with Gasteiger partial charge in [0, 0.05) is 0 Å². The highest BCUT2D eigenvalue weighted by molar-refractivity contribution is 5.73. The molecule has 2 aromatic carbocycles. The summed E-state index contributed by atoms with van der Waals surface area (Å²) in [4.78, 5) is 11.9. The summed E-state index contributed by atoms with van der Waals surface area (Å²) >= 11 is 0. The van der Waals surface area contributed by atoms with Gasteiger partial charge in [0.05, 0.1) is 13.5 Å². The van der Waals surface area contributed by atoms with E-state index in [4.69, 9.17) is 18.9 Å². The Hall–Kier alpha value is -2.76. The molecule has 6 heteroatoms. The van der Waals surface area contributed by atoms with E-state index in [9.17, 15) is 9.18 Å². The first kappa shape index (κ1) is 16.1. The lowest BCUT2D eigenvalue weighted by Gasteiger charge is -2.18. The SMILES string of the molecule is COc1ccc(COC(=O)Cc2ccc3c(c2)OCCO3)cc1F. The van der Waals surface area contributed by atoms with Crippen LogP contribution >= 0.6 is 0 Å². The van der Waals surface area contributed by atoms with Crippen LogP contribution in [0.4, 0.5) is 4.39 Å². The molecule has 0 N–H and O–H groups in total. The molecule has 0 spiro atoms. The van der Waals surface area contributed by atoms with Crippen LogP contribution in [0.5, 0.6) is 17.2 Å². The lowest BCUT2D eigenvalue weighted by atomic mass is 10.1. The topological polar surface area (TPSA) is 54.0 Å². The molecule has 0 aliphatic carbocycles. The average molecular weight is 332 g/mol. The van der Waals surface area contributed by atoms with Crippen molar-refractivity contribution in [3.63, 3.8) is 0 Å². The molecule has 0 bridgehead atoms. The Morgan fingerprint density at radius 3 is 2.58 bits per heavy atom. The van der Waals surface area contributed by atoms with Crippen LogP contribution in [0.25, 0.3) is 0 Å². The molecule has 126 valence electrons. The van der Waals surface area contributed by atoms with Crippen molar-refractivity contribution in [2.45, 2.75) is 13.0 Å². The predicted octanol–water partition coefficient (Wildman–Crippen LogP) is 2.89. The van der Waals surface area contributed by atoms with E-state index in [2.05, 4.69) is 0 Å². The second-order valence-corrected chi connectivity index (χ2v) is 5.28. The van der Waals surface area contributed by atoms with Crippen molar-refractivity contribution in [2.24, 2.45) is 0 Å². The Morgan fingerprint density at radius 2 is 1.83 bits per heavy atom. The number of methoxy groups -OCH3 is 1. The zero-order valence-electron chi connectivity index (χ0n) is 13.2. The number of fused-ring (bicyclic) bond motifs is 1. The minimum absolute atomic E-state index is 0.00427. The third kappa shape index (κ3) is 3.76. The lowest BCUT2D eigenvalue weighted by Crippen LogP contribution is -2.16. The third-order valence-electron chi connectivity index (χ3n) is 3.57. The molecule has 24 heavy (non-hydrogen) atoms. The zero-order valence-corrected chi connectivity index (χ0v) is 13.2. The Balaban J connectivity index is 1.57. The predicted molar refractivity (Wildman–Crippen MR) is 83.9 cm³/mol. The highest BCUT2D eigenvalue weighted by Crippen LogP contribution is 2.31. The van der Waals surface area contributed by atoms with E-state index in [1.165, 1.54) is 19.2 Å². The number of carbonyl (C=O) groups is 1. The summed E-state index contributed by atoms with van der Waals surface area (Å²) in [7, 11) is 1.39. The Bertz CT molecular complexity index is 744. The maximum Gasteiger partial charge on any atom is 0.310 e. The maximum absolute atomic E-state index is 13.6. The van der Waals surface area contributed by atoms with E-state index in [-0.39, 0.29) is 18.8 Å². The van der Waals surface area contributed by atoms with Crippen molar-refractivity contribution < 1.29 is 28.1 Å². The van der Waals surface area contributed by atoms with Crippen molar-refractivity contribution in [3.8, 4) is 17.2 Å². The molecule has 1 aliphatic heterocycles. The summed E-state index contributed by atoms with van der Waals surface area (Å²) in [6.45, 7) is 1.01. The van der Waals surface area contributed by atoms with Gasteiger partial charge in [-0.2, -0.15) is 0 Å². The monoisotopic (exact) mass is 332 g/mol. The van der Waals surface area contributed by atoms with E-state index in [0.29, 0.717) is 30.3 Å². The van der Waals surface area contributed by atoms with Crippen LogP contribution in [-0.2, 0) is 22.6 Å². The number of carbonyl (C=O) groups excluding carboxylic acids is 1. The minimum atomic E-state index is -0.488. The molecule has 0 fully saturated rings. The van der Waals surface area contributed by atoms with Crippen molar-refractivity contribution in [1.82, 2.24) is 0 Å². The Morgan fingerprint density at radius 1 is 1.08 bits per heavy atom. The van der Waals surface area contributed by atoms with Gasteiger partial charge in [-0.15, -0.1) is 0 Å². The molecule has 0 amide bonds. The summed E-state index contributed by atoms with van der Waals surface area (Å²) in [5, 5.41) is 0. The first-order valence-corrected chi connectivity index (χ1v) is 7.52. The number of halogens is 1. The molecule has 0 saturated heterocycles. The first-order chi connectivity index (χ1) is 11.7. The fourth-order valence-electron chi connectivity index (χ4n) is 2.38. The zero-order chi connectivity index (χ0) is 16.9. The molecular weight excluding hydrogens is 315 g/mol. The van der Waals surface area contributed by atoms with Crippen molar-refractivity contribution in [2.75, 3.05) is 20.3 Å². The molecule has 0 saturated carbocycles. The Labute approximate surface area is 138 Å². The van der Waals surface area contributed by atoms with Gasteiger partial charge in [-0.25, -0.2) is 4.39 Å². The molecule has 0 unspecified atom stereocenters. The molecule has 0 radical (unpaired) electrons. The van der Waals surface area contributed by atoms with Gasteiger partial charge in [0.1, 0.15) is 19.8 Å². The van der Waals surface area contributed by atoms with Crippen molar-refractivity contribution in [3.05, 3.63) is 53.3 Å². The number of hydrogen-bond donors (Lipinski definition) is 0. The molecule has 0 atom stereocenters. The summed E-state index contributed by atoms with van der Waals surface area (Å²) in [6.07, 6.45) is 0.106. The number of hydrogen-bond acceptors (Lipinski definition) is 5. The van der Waals surface area contributed by atoms with Gasteiger partial charge >= 0.3 is 5.97 Å². The summed E-state index contributed by atoms with van der Waals surface area (Å²) in [5.74, 6) is 0.568. The smallest absolute Gasteiger partial charge is 0.310 e. The van der Waals surface area contributed by atoms with Crippen LogP contribution < -0.4 is 14.2 Å². The molecule has 5 nitrogen and oxygen atoms in total. The van der Waals surface area contributed by atoms with Gasteiger partial charge in [0.15, 0.2) is 23.1 Å². The van der Waals surface area contributed by atoms with Crippen molar-refractivity contribution in [1.29, 1.82) is 0 Å². The second kappa shape index (κ2) is 7.21. The van der Waals surface area contributed by atoms with Crippen LogP contribution in [0, 0.1) is 5.82 Å². The second-order valence-electron chi connectivity index (χ2n) is 5.28. The van der Waals surface area contributed by atoms with Crippen molar-refractivity contribution >= 4 is 5.97 Å². The number of esters is 1. The van der Waals surface area contributed by atoms with E-state index in [1.807, 2.05) is 0 Å². The average Bonchev–Trinajstić information content (AvgIpc) is 2.60. The van der Waals surface area contributed by atoms with Crippen LogP contribution in [-0.4, -0.2) is 26.3 Å². The molecular formula is C18H17FO5. The van der Waals surface area contributed by atoms with Crippen LogP contribution in [0.3, 0.4) is 0 Å². The van der Waals surface area contributed by atoms with Gasteiger partial charge in [-0.05, 0) is 35.4 Å². The number of rotatable bonds is 5. The molecule has 1 aliphatic rings. The summed E-state index contributed by atoms with van der Waals surface area (Å²) in [6, 6.07) is 9.77. The molecule has 0 aromatic heterocycles. The quantitative estimate of drug-likeness (QED) is 0.788. The maximum atomic E-state index is 13.6. The lowest BCUT2D eigenvalue weighted by molar-refractivity contribution is -0.144. The van der Waals surface area contributed by atoms with E-state index >= 15 is 0 Å². The van der Waals surface area contributed by atoms with E-state index in [0.717, 1.165) is 5.56 Å². The van der Waals surface area contributed by atoms with Gasteiger partial charge < -0.3 is 18.9 Å². The van der Waals surface area contributed by atoms with Crippen LogP contribution in [0.2, 0.25) is 0 Å². The Kier molecular flexibility index (Phi) is 4.84. The highest BCUT2D eigenvalue weighted by Gasteiger charge is 2.14. The van der Waals surface area contributed by atoms with E-state index in [1.54, 1.807) is 24.3 Å². The van der Waals surface area contributed by atoms with Crippen LogP contribution in [0.1, 0.15) is 11.1 Å². The van der Waals surface area contributed by atoms with Gasteiger partial charge in [-0.3, -0.25) is 4.79 Å². The van der Waals surface area contributed by atoms with Gasteiger partial charge in [-0.1, -0.05) is 12.1 Å². The normalized spacial score (nSPS) is 12.6. The summed E-state index contributed by atoms with van der Waals surface area (Å²) < 4.78 is 34.5. The fourth-order valence-corrected chi connectivity index (χ4v) is 2.38. The van der Waals surface area contributed by atoms with Gasteiger partial charge in [0.25, 0.3) is 0 Å². The standard InChI is InChI=1S/C18H17FO5/c1-21-15-4-3-13(8-14(15)19)11-24-18(20)10-12-2-5-16-17(9-12)23-7-6-22-16/h2-5,8-9H,6-7,10-11H2,1H3. The van der Waals surface area contributed by atoms with Crippen LogP contribution in [0.15, 0.2) is 36.4 Å². The third-order valence-corrected chi connectivity index (χ3v) is 3.57. The van der Waals surface area contributed by atoms with Gasteiger partial charge in [0.2, 0.25) is 0 Å². The fraction of sp³-hybridized carbons (Fsp3) is 0.278. The minimum Gasteiger partial charge on any atom is -0.494 e. The molecule has 1 heterocycles. The molecule has 2 aromatic rings. The molecule has 3 rings (SSSR count). The summed E-state index contributed by atoms with van der Waals surface area (Å²) in [5.41, 5.74) is 1.33. The van der Waals surface area contributed by atoms with E-state index < -0.39 is 11.8 Å². The number of ether oxygens (including phenoxy) is 4. The first-order valence-electron chi connectivity index (χ1n) is 7.52. The number of benzene rings is 2. The largest absolute Gasteiger partial charge is 0.494 e.